The second-order valence-electron chi connectivity index (χ2n) is 4.35. The SMILES string of the molecule is COC12C=CC(CC1)c1c2c(O)n(O)c1O. The summed E-state index contributed by atoms with van der Waals surface area (Å²) in [5.41, 5.74) is 0.365. The fourth-order valence-electron chi connectivity index (χ4n) is 2.86. The van der Waals surface area contributed by atoms with Crippen molar-refractivity contribution in [2.24, 2.45) is 0 Å². The second kappa shape index (κ2) is 2.74. The highest BCUT2D eigenvalue weighted by Gasteiger charge is 2.47. The average molecular weight is 223 g/mol. The third-order valence-corrected chi connectivity index (χ3v) is 3.72. The summed E-state index contributed by atoms with van der Waals surface area (Å²) in [5.74, 6) is -0.572. The highest BCUT2D eigenvalue weighted by molar-refractivity contribution is 5.57. The highest BCUT2D eigenvalue weighted by Crippen LogP contribution is 2.56. The summed E-state index contributed by atoms with van der Waals surface area (Å²) in [6.07, 6.45) is 5.43. The van der Waals surface area contributed by atoms with E-state index in [9.17, 15) is 15.4 Å². The van der Waals surface area contributed by atoms with Gasteiger partial charge in [-0.05, 0) is 12.8 Å². The molecule has 2 atom stereocenters. The summed E-state index contributed by atoms with van der Waals surface area (Å²) in [6.45, 7) is 0. The van der Waals surface area contributed by atoms with E-state index in [-0.39, 0.29) is 17.7 Å². The number of allylic oxidation sites excluding steroid dienone is 1. The van der Waals surface area contributed by atoms with Gasteiger partial charge in [0.15, 0.2) is 0 Å². The Balaban J connectivity index is 2.34. The second-order valence-corrected chi connectivity index (χ2v) is 4.35. The summed E-state index contributed by atoms with van der Waals surface area (Å²) in [5, 5.41) is 29.1. The third kappa shape index (κ3) is 0.852. The van der Waals surface area contributed by atoms with E-state index in [2.05, 4.69) is 0 Å². The van der Waals surface area contributed by atoms with Crippen molar-refractivity contribution in [1.82, 2.24) is 4.73 Å². The molecule has 0 aromatic carbocycles. The number of rotatable bonds is 1. The number of aromatic hydroxyl groups is 2. The first-order chi connectivity index (χ1) is 7.60. The third-order valence-electron chi connectivity index (χ3n) is 3.72. The van der Waals surface area contributed by atoms with Gasteiger partial charge < -0.3 is 20.2 Å². The zero-order chi connectivity index (χ0) is 11.5. The van der Waals surface area contributed by atoms with Crippen molar-refractivity contribution in [3.8, 4) is 11.8 Å². The topological polar surface area (TPSA) is 74.9 Å². The van der Waals surface area contributed by atoms with Gasteiger partial charge in [-0.25, -0.2) is 0 Å². The lowest BCUT2D eigenvalue weighted by Crippen LogP contribution is -2.34. The minimum atomic E-state index is -0.709. The summed E-state index contributed by atoms with van der Waals surface area (Å²) >= 11 is 0. The predicted octanol–water partition coefficient (Wildman–Crippen LogP) is 1.43. The molecule has 1 aromatic rings. The normalized spacial score (nSPS) is 30.7. The summed E-state index contributed by atoms with van der Waals surface area (Å²) in [6, 6.07) is 0. The zero-order valence-electron chi connectivity index (χ0n) is 8.84. The minimum absolute atomic E-state index is 0.0475. The molecule has 16 heavy (non-hydrogen) atoms. The van der Waals surface area contributed by atoms with Crippen LogP contribution < -0.4 is 0 Å². The summed E-state index contributed by atoms with van der Waals surface area (Å²) in [7, 11) is 1.56. The van der Waals surface area contributed by atoms with Crippen LogP contribution >= 0.6 is 0 Å². The molecule has 0 amide bonds. The number of hydrogen-bond acceptors (Lipinski definition) is 4. The van der Waals surface area contributed by atoms with E-state index in [0.29, 0.717) is 15.9 Å². The molecule has 86 valence electrons. The molecule has 3 N–H and O–H groups in total. The lowest BCUT2D eigenvalue weighted by Gasteiger charge is -2.40. The minimum Gasteiger partial charge on any atom is -0.492 e. The Hall–Kier alpha value is -1.62. The number of ether oxygens (including phenoxy) is 1. The number of nitrogens with zero attached hydrogens (tertiary/aromatic N) is 1. The molecule has 0 fully saturated rings. The van der Waals surface area contributed by atoms with Crippen molar-refractivity contribution in [1.29, 1.82) is 0 Å². The van der Waals surface area contributed by atoms with Crippen LogP contribution in [0.2, 0.25) is 0 Å². The van der Waals surface area contributed by atoms with Gasteiger partial charge >= 0.3 is 0 Å². The molecular formula is C11H13NO4. The van der Waals surface area contributed by atoms with E-state index in [1.54, 1.807) is 7.11 Å². The van der Waals surface area contributed by atoms with Gasteiger partial charge in [-0.3, -0.25) is 0 Å². The van der Waals surface area contributed by atoms with Crippen molar-refractivity contribution in [3.05, 3.63) is 23.3 Å². The van der Waals surface area contributed by atoms with Crippen LogP contribution in [0.15, 0.2) is 12.2 Å². The molecule has 5 nitrogen and oxygen atoms in total. The highest BCUT2D eigenvalue weighted by atomic mass is 16.5. The number of fused-ring (bicyclic) bond motifs is 1. The van der Waals surface area contributed by atoms with E-state index in [1.165, 1.54) is 0 Å². The fraction of sp³-hybridized carbons (Fsp3) is 0.455. The van der Waals surface area contributed by atoms with Crippen molar-refractivity contribution < 1.29 is 20.2 Å². The van der Waals surface area contributed by atoms with Crippen LogP contribution in [0, 0.1) is 0 Å². The molecule has 4 rings (SSSR count). The van der Waals surface area contributed by atoms with Crippen LogP contribution in [0.4, 0.5) is 0 Å². The lowest BCUT2D eigenvalue weighted by atomic mass is 9.70. The first-order valence-corrected chi connectivity index (χ1v) is 5.21. The molecule has 1 aromatic heterocycles. The maximum Gasteiger partial charge on any atom is 0.235 e. The van der Waals surface area contributed by atoms with E-state index in [0.717, 1.165) is 12.8 Å². The van der Waals surface area contributed by atoms with Crippen LogP contribution in [-0.2, 0) is 10.3 Å². The summed E-state index contributed by atoms with van der Waals surface area (Å²) < 4.78 is 5.88. The van der Waals surface area contributed by atoms with Gasteiger partial charge in [-0.15, -0.1) is 4.73 Å². The van der Waals surface area contributed by atoms with Crippen LogP contribution in [0.25, 0.3) is 0 Å². The van der Waals surface area contributed by atoms with Gasteiger partial charge in [0.05, 0.1) is 5.56 Å². The van der Waals surface area contributed by atoms with Crippen molar-refractivity contribution in [3.63, 3.8) is 0 Å². The Labute approximate surface area is 92.2 Å². The Morgan fingerprint density at radius 3 is 2.75 bits per heavy atom. The molecule has 0 saturated heterocycles. The van der Waals surface area contributed by atoms with E-state index in [1.807, 2.05) is 12.2 Å². The Kier molecular flexibility index (Phi) is 1.64. The van der Waals surface area contributed by atoms with Gasteiger partial charge in [0.25, 0.3) is 0 Å². The zero-order valence-corrected chi connectivity index (χ0v) is 8.84. The molecular weight excluding hydrogens is 210 g/mol. The Morgan fingerprint density at radius 1 is 1.44 bits per heavy atom. The molecule has 2 unspecified atom stereocenters. The number of aromatic nitrogens is 1. The standard InChI is InChI=1S/C11H13NO4/c1-16-11-4-2-6(3-5-11)7-8(11)10(14)12(15)9(7)13/h2,4,6,13-15H,3,5H2,1H3. The first kappa shape index (κ1) is 9.59. The maximum atomic E-state index is 9.82. The molecule has 0 saturated carbocycles. The van der Waals surface area contributed by atoms with Crippen molar-refractivity contribution >= 4 is 0 Å². The van der Waals surface area contributed by atoms with Crippen molar-refractivity contribution in [2.75, 3.05) is 7.11 Å². The molecule has 3 aliphatic rings. The average Bonchev–Trinajstić information content (AvgIpc) is 2.58. The molecule has 1 heterocycles. The van der Waals surface area contributed by atoms with Gasteiger partial charge in [0, 0.05) is 18.6 Å². The van der Waals surface area contributed by atoms with Crippen LogP contribution in [-0.4, -0.2) is 27.3 Å². The van der Waals surface area contributed by atoms with E-state index >= 15 is 0 Å². The van der Waals surface area contributed by atoms with Gasteiger partial charge in [-0.1, -0.05) is 12.2 Å². The van der Waals surface area contributed by atoms with E-state index < -0.39 is 5.60 Å². The molecule has 3 aliphatic carbocycles. The monoisotopic (exact) mass is 223 g/mol. The molecule has 0 spiro atoms. The van der Waals surface area contributed by atoms with Gasteiger partial charge in [0.1, 0.15) is 5.60 Å². The maximum absolute atomic E-state index is 9.82. The molecule has 2 bridgehead atoms. The van der Waals surface area contributed by atoms with Gasteiger partial charge in [-0.2, -0.15) is 0 Å². The molecule has 0 radical (unpaired) electrons. The van der Waals surface area contributed by atoms with Crippen LogP contribution in [0.1, 0.15) is 29.9 Å². The quantitative estimate of drug-likeness (QED) is 0.497. The first-order valence-electron chi connectivity index (χ1n) is 5.21. The number of hydrogen-bond donors (Lipinski definition) is 3. The Morgan fingerprint density at radius 2 is 2.19 bits per heavy atom. The summed E-state index contributed by atoms with van der Waals surface area (Å²) in [4.78, 5) is 0. The van der Waals surface area contributed by atoms with Gasteiger partial charge in [0.2, 0.25) is 11.8 Å². The predicted molar refractivity (Wildman–Crippen MR) is 54.7 cm³/mol. The largest absolute Gasteiger partial charge is 0.492 e. The van der Waals surface area contributed by atoms with Crippen LogP contribution in [0.5, 0.6) is 11.8 Å². The molecule has 5 heteroatoms. The van der Waals surface area contributed by atoms with Crippen molar-refractivity contribution in [2.45, 2.75) is 24.4 Å². The van der Waals surface area contributed by atoms with E-state index in [4.69, 9.17) is 4.74 Å². The fourth-order valence-corrected chi connectivity index (χ4v) is 2.86. The number of methoxy groups -OCH3 is 1. The Bertz CT molecular complexity index is 491. The molecule has 0 aliphatic heterocycles. The lowest BCUT2D eigenvalue weighted by molar-refractivity contribution is 0.00391. The van der Waals surface area contributed by atoms with Crippen LogP contribution in [0.3, 0.4) is 0 Å². The smallest absolute Gasteiger partial charge is 0.235 e.